The molecule has 5 heteroatoms. The molecule has 1 saturated heterocycles. The van der Waals surface area contributed by atoms with Crippen LogP contribution in [0.5, 0.6) is 5.75 Å². The fraction of sp³-hybridized carbons (Fsp3) is 0.556. The van der Waals surface area contributed by atoms with Crippen molar-refractivity contribution in [1.29, 1.82) is 0 Å². The third kappa shape index (κ3) is 4.03. The summed E-state index contributed by atoms with van der Waals surface area (Å²) in [4.78, 5) is 28.6. The van der Waals surface area contributed by atoms with Crippen LogP contribution in [0.3, 0.4) is 0 Å². The zero-order valence-corrected chi connectivity index (χ0v) is 14.2. The third-order valence-corrected chi connectivity index (χ3v) is 4.16. The van der Waals surface area contributed by atoms with E-state index in [2.05, 4.69) is 13.8 Å². The van der Waals surface area contributed by atoms with Crippen molar-refractivity contribution in [2.45, 2.75) is 33.1 Å². The van der Waals surface area contributed by atoms with Crippen LogP contribution in [0.1, 0.15) is 33.1 Å². The molecule has 1 aliphatic heterocycles. The lowest BCUT2D eigenvalue weighted by molar-refractivity contribution is -0.135. The number of methoxy groups -OCH3 is 1. The van der Waals surface area contributed by atoms with Crippen molar-refractivity contribution in [3.63, 3.8) is 0 Å². The van der Waals surface area contributed by atoms with Gasteiger partial charge < -0.3 is 14.5 Å². The highest BCUT2D eigenvalue weighted by atomic mass is 16.5. The smallest absolute Gasteiger partial charge is 0.228 e. The molecule has 0 unspecified atom stereocenters. The van der Waals surface area contributed by atoms with Gasteiger partial charge in [0.25, 0.3) is 0 Å². The van der Waals surface area contributed by atoms with Gasteiger partial charge in [-0.2, -0.15) is 0 Å². The largest absolute Gasteiger partial charge is 0.497 e. The highest BCUT2D eigenvalue weighted by Gasteiger charge is 2.36. The number of hydrogen-bond donors (Lipinski definition) is 0. The number of amides is 2. The first kappa shape index (κ1) is 17.3. The quantitative estimate of drug-likeness (QED) is 0.776. The summed E-state index contributed by atoms with van der Waals surface area (Å²) in [5.74, 6) is 0.646. The van der Waals surface area contributed by atoms with Gasteiger partial charge in [-0.3, -0.25) is 9.59 Å². The first-order chi connectivity index (χ1) is 11.1. The topological polar surface area (TPSA) is 49.9 Å². The number of rotatable bonds is 7. The fourth-order valence-corrected chi connectivity index (χ4v) is 3.01. The molecule has 1 aromatic carbocycles. The standard InChI is InChI=1S/C18H26N2O3/c1-4-10-19(11-5-2)18(22)14-12-17(21)20(13-14)15-6-8-16(23-3)9-7-15/h6-9,14H,4-5,10-13H2,1-3H3/t14-/m0/s1. The SMILES string of the molecule is CCCN(CCC)C(=O)[C@H]1CC(=O)N(c2ccc(OC)cc2)C1. The molecular formula is C18H26N2O3. The van der Waals surface area contributed by atoms with Gasteiger partial charge in [0.1, 0.15) is 5.75 Å². The van der Waals surface area contributed by atoms with Gasteiger partial charge in [0.2, 0.25) is 11.8 Å². The van der Waals surface area contributed by atoms with E-state index in [9.17, 15) is 9.59 Å². The normalized spacial score (nSPS) is 17.4. The Morgan fingerprint density at radius 2 is 1.83 bits per heavy atom. The minimum absolute atomic E-state index is 0.0152. The molecule has 0 radical (unpaired) electrons. The summed E-state index contributed by atoms with van der Waals surface area (Å²) in [6, 6.07) is 7.38. The summed E-state index contributed by atoms with van der Waals surface area (Å²) in [6.45, 7) is 6.13. The summed E-state index contributed by atoms with van der Waals surface area (Å²) < 4.78 is 5.14. The predicted molar refractivity (Wildman–Crippen MR) is 90.6 cm³/mol. The molecule has 1 aromatic rings. The van der Waals surface area contributed by atoms with Crippen LogP contribution < -0.4 is 9.64 Å². The lowest BCUT2D eigenvalue weighted by atomic mass is 10.1. The van der Waals surface area contributed by atoms with Crippen LogP contribution in [0, 0.1) is 5.92 Å². The molecule has 5 nitrogen and oxygen atoms in total. The number of anilines is 1. The fourth-order valence-electron chi connectivity index (χ4n) is 3.01. The highest BCUT2D eigenvalue weighted by Crippen LogP contribution is 2.27. The summed E-state index contributed by atoms with van der Waals surface area (Å²) in [5, 5.41) is 0. The van der Waals surface area contributed by atoms with E-state index in [0.29, 0.717) is 13.0 Å². The van der Waals surface area contributed by atoms with Crippen LogP contribution in [-0.2, 0) is 9.59 Å². The maximum Gasteiger partial charge on any atom is 0.228 e. The Bertz CT molecular complexity index is 536. The predicted octanol–water partition coefficient (Wildman–Crippen LogP) is 2.70. The molecule has 0 spiro atoms. The molecule has 0 N–H and O–H groups in total. The van der Waals surface area contributed by atoms with Crippen LogP contribution in [0.15, 0.2) is 24.3 Å². The van der Waals surface area contributed by atoms with Crippen molar-refractivity contribution < 1.29 is 14.3 Å². The van der Waals surface area contributed by atoms with E-state index in [4.69, 9.17) is 4.74 Å². The van der Waals surface area contributed by atoms with Gasteiger partial charge in [0.05, 0.1) is 13.0 Å². The van der Waals surface area contributed by atoms with E-state index in [1.54, 1.807) is 12.0 Å². The number of nitrogens with zero attached hydrogens (tertiary/aromatic N) is 2. The molecular weight excluding hydrogens is 292 g/mol. The van der Waals surface area contributed by atoms with Crippen molar-refractivity contribution in [3.8, 4) is 5.75 Å². The van der Waals surface area contributed by atoms with Crippen LogP contribution in [0.4, 0.5) is 5.69 Å². The Labute approximate surface area is 138 Å². The minimum Gasteiger partial charge on any atom is -0.497 e. The van der Waals surface area contributed by atoms with E-state index < -0.39 is 0 Å². The Morgan fingerprint density at radius 1 is 1.22 bits per heavy atom. The Morgan fingerprint density at radius 3 is 2.35 bits per heavy atom. The monoisotopic (exact) mass is 318 g/mol. The maximum absolute atomic E-state index is 12.7. The third-order valence-electron chi connectivity index (χ3n) is 4.16. The minimum atomic E-state index is -0.234. The summed E-state index contributed by atoms with van der Waals surface area (Å²) in [7, 11) is 1.61. The maximum atomic E-state index is 12.7. The zero-order chi connectivity index (χ0) is 16.8. The van der Waals surface area contributed by atoms with Crippen molar-refractivity contribution in [1.82, 2.24) is 4.90 Å². The van der Waals surface area contributed by atoms with Gasteiger partial charge in [-0.15, -0.1) is 0 Å². The van der Waals surface area contributed by atoms with Gasteiger partial charge in [-0.1, -0.05) is 13.8 Å². The molecule has 2 amide bonds. The first-order valence-electron chi connectivity index (χ1n) is 8.33. The van der Waals surface area contributed by atoms with Gasteiger partial charge in [-0.05, 0) is 37.1 Å². The number of hydrogen-bond acceptors (Lipinski definition) is 3. The molecule has 23 heavy (non-hydrogen) atoms. The molecule has 0 aromatic heterocycles. The lowest BCUT2D eigenvalue weighted by Gasteiger charge is -2.24. The molecule has 1 atom stereocenters. The molecule has 126 valence electrons. The van der Waals surface area contributed by atoms with Crippen molar-refractivity contribution in [3.05, 3.63) is 24.3 Å². The highest BCUT2D eigenvalue weighted by molar-refractivity contribution is 6.00. The molecule has 1 aliphatic rings. The van der Waals surface area contributed by atoms with E-state index >= 15 is 0 Å². The van der Waals surface area contributed by atoms with E-state index in [-0.39, 0.29) is 17.7 Å². The first-order valence-corrected chi connectivity index (χ1v) is 8.33. The number of carbonyl (C=O) groups excluding carboxylic acids is 2. The number of ether oxygens (including phenoxy) is 1. The van der Waals surface area contributed by atoms with E-state index in [1.165, 1.54) is 0 Å². The summed E-state index contributed by atoms with van der Waals surface area (Å²) in [6.07, 6.45) is 2.18. The van der Waals surface area contributed by atoms with Gasteiger partial charge in [0.15, 0.2) is 0 Å². The van der Waals surface area contributed by atoms with E-state index in [0.717, 1.165) is 37.4 Å². The van der Waals surface area contributed by atoms with Crippen LogP contribution >= 0.6 is 0 Å². The average Bonchev–Trinajstić information content (AvgIpc) is 2.96. The molecule has 2 rings (SSSR count). The molecule has 0 saturated carbocycles. The van der Waals surface area contributed by atoms with Crippen molar-refractivity contribution in [2.75, 3.05) is 31.6 Å². The molecule has 1 fully saturated rings. The van der Waals surface area contributed by atoms with Gasteiger partial charge in [0, 0.05) is 31.7 Å². The van der Waals surface area contributed by atoms with Crippen LogP contribution in [-0.4, -0.2) is 43.5 Å². The molecule has 1 heterocycles. The summed E-state index contributed by atoms with van der Waals surface area (Å²) in [5.41, 5.74) is 0.823. The Hall–Kier alpha value is -2.04. The second-order valence-corrected chi connectivity index (χ2v) is 5.93. The van der Waals surface area contributed by atoms with Crippen molar-refractivity contribution in [2.24, 2.45) is 5.92 Å². The van der Waals surface area contributed by atoms with E-state index in [1.807, 2.05) is 29.2 Å². The lowest BCUT2D eigenvalue weighted by Crippen LogP contribution is -2.38. The Balaban J connectivity index is 2.07. The summed E-state index contributed by atoms with van der Waals surface area (Å²) >= 11 is 0. The van der Waals surface area contributed by atoms with Crippen molar-refractivity contribution >= 4 is 17.5 Å². The van der Waals surface area contributed by atoms with Crippen LogP contribution in [0.2, 0.25) is 0 Å². The molecule has 0 aliphatic carbocycles. The van der Waals surface area contributed by atoms with Crippen LogP contribution in [0.25, 0.3) is 0 Å². The Kier molecular flexibility index (Phi) is 6.02. The zero-order valence-electron chi connectivity index (χ0n) is 14.2. The number of benzene rings is 1. The van der Waals surface area contributed by atoms with Gasteiger partial charge >= 0.3 is 0 Å². The average molecular weight is 318 g/mol. The van der Waals surface area contributed by atoms with Gasteiger partial charge in [-0.25, -0.2) is 0 Å². The molecule has 0 bridgehead atoms. The number of carbonyl (C=O) groups is 2. The second kappa shape index (κ2) is 7.99. The second-order valence-electron chi connectivity index (χ2n) is 5.93.